The summed E-state index contributed by atoms with van der Waals surface area (Å²) in [7, 11) is 0. The topological polar surface area (TPSA) is 43.4 Å². The van der Waals surface area contributed by atoms with Gasteiger partial charge in [0.15, 0.2) is 5.78 Å². The van der Waals surface area contributed by atoms with Crippen molar-refractivity contribution in [1.29, 1.82) is 0 Å². The van der Waals surface area contributed by atoms with Gasteiger partial charge in [-0.3, -0.25) is 4.79 Å². The number of carbonyl (C=O) groups excluding carboxylic acids is 2. The molecule has 0 amide bonds. The first kappa shape index (κ1) is 19.9. The van der Waals surface area contributed by atoms with Crippen molar-refractivity contribution in [3.05, 3.63) is 71.3 Å². The molecule has 0 atom stereocenters. The molecule has 3 heteroatoms. The Morgan fingerprint density at radius 1 is 0.731 bits per heavy atom. The smallest absolute Gasteiger partial charge is 0.338 e. The minimum absolute atomic E-state index is 0.158. The van der Waals surface area contributed by atoms with Crippen LogP contribution in [0.15, 0.2) is 54.6 Å². The Balaban J connectivity index is 1.87. The van der Waals surface area contributed by atoms with E-state index in [1.807, 2.05) is 18.2 Å². The lowest BCUT2D eigenvalue weighted by Crippen LogP contribution is -2.13. The molecule has 0 radical (unpaired) electrons. The Morgan fingerprint density at radius 2 is 1.31 bits per heavy atom. The van der Waals surface area contributed by atoms with Crippen molar-refractivity contribution >= 4 is 11.8 Å². The predicted molar refractivity (Wildman–Crippen MR) is 105 cm³/mol. The molecule has 26 heavy (non-hydrogen) atoms. The summed E-state index contributed by atoms with van der Waals surface area (Å²) in [5.74, 6) is -0.579. The number of benzene rings is 2. The normalized spacial score (nSPS) is 10.5. The summed E-state index contributed by atoms with van der Waals surface area (Å²) in [6.45, 7) is 2.61. The van der Waals surface area contributed by atoms with Crippen LogP contribution in [0.4, 0.5) is 0 Å². The zero-order chi connectivity index (χ0) is 18.6. The van der Waals surface area contributed by atoms with Crippen LogP contribution >= 0.6 is 0 Å². The molecule has 0 unspecified atom stereocenters. The Kier molecular flexibility index (Phi) is 8.61. The summed E-state index contributed by atoms with van der Waals surface area (Å²) in [5, 5.41) is 0. The highest BCUT2D eigenvalue weighted by Gasteiger charge is 2.18. The maximum Gasteiger partial charge on any atom is 0.338 e. The molecule has 0 aliphatic carbocycles. The fourth-order valence-electron chi connectivity index (χ4n) is 2.91. The summed E-state index contributed by atoms with van der Waals surface area (Å²) in [5.41, 5.74) is 1.30. The van der Waals surface area contributed by atoms with Crippen LogP contribution in [0.25, 0.3) is 0 Å². The first-order valence-electron chi connectivity index (χ1n) is 9.60. The van der Waals surface area contributed by atoms with Crippen LogP contribution in [-0.4, -0.2) is 18.4 Å². The van der Waals surface area contributed by atoms with Crippen LogP contribution in [-0.2, 0) is 4.74 Å². The Bertz CT molecular complexity index is 692. The molecule has 2 aromatic carbocycles. The van der Waals surface area contributed by atoms with Gasteiger partial charge in [0.05, 0.1) is 12.2 Å². The Morgan fingerprint density at radius 3 is 2.00 bits per heavy atom. The van der Waals surface area contributed by atoms with Crippen molar-refractivity contribution < 1.29 is 14.3 Å². The fourth-order valence-corrected chi connectivity index (χ4v) is 2.91. The van der Waals surface area contributed by atoms with Crippen molar-refractivity contribution in [1.82, 2.24) is 0 Å². The van der Waals surface area contributed by atoms with Crippen LogP contribution < -0.4 is 0 Å². The standard InChI is InChI=1S/C23H28O3/c1-2-3-4-5-6-7-13-18-26-23(25)21-17-12-11-16-20(21)22(24)19-14-9-8-10-15-19/h8-12,14-17H,2-7,13,18H2,1H3. The SMILES string of the molecule is CCCCCCCCCOC(=O)c1ccccc1C(=O)c1ccccc1. The molecule has 0 aliphatic heterocycles. The number of rotatable bonds is 11. The second-order valence-electron chi connectivity index (χ2n) is 6.50. The van der Waals surface area contributed by atoms with Gasteiger partial charge < -0.3 is 4.74 Å². The molecule has 0 saturated carbocycles. The van der Waals surface area contributed by atoms with E-state index >= 15 is 0 Å². The van der Waals surface area contributed by atoms with E-state index in [4.69, 9.17) is 4.74 Å². The molecule has 2 aromatic rings. The van der Waals surface area contributed by atoms with Crippen LogP contribution in [0.2, 0.25) is 0 Å². The first-order valence-corrected chi connectivity index (χ1v) is 9.60. The highest BCUT2D eigenvalue weighted by atomic mass is 16.5. The average molecular weight is 352 g/mol. The van der Waals surface area contributed by atoms with E-state index in [0.717, 1.165) is 12.8 Å². The monoisotopic (exact) mass is 352 g/mol. The number of hydrogen-bond acceptors (Lipinski definition) is 3. The van der Waals surface area contributed by atoms with Crippen LogP contribution in [0, 0.1) is 0 Å². The quantitative estimate of drug-likeness (QED) is 0.290. The number of unbranched alkanes of at least 4 members (excludes halogenated alkanes) is 6. The van der Waals surface area contributed by atoms with Crippen LogP contribution in [0.3, 0.4) is 0 Å². The molecule has 0 fully saturated rings. The molecular formula is C23H28O3. The average Bonchev–Trinajstić information content (AvgIpc) is 2.70. The van der Waals surface area contributed by atoms with Crippen LogP contribution in [0.1, 0.15) is 78.1 Å². The minimum atomic E-state index is -0.420. The van der Waals surface area contributed by atoms with E-state index in [9.17, 15) is 9.59 Å². The third kappa shape index (κ3) is 6.14. The summed E-state index contributed by atoms with van der Waals surface area (Å²) in [6, 6.07) is 15.9. The van der Waals surface area contributed by atoms with E-state index < -0.39 is 5.97 Å². The number of ketones is 1. The highest BCUT2D eigenvalue weighted by molar-refractivity contribution is 6.14. The van der Waals surface area contributed by atoms with Gasteiger partial charge >= 0.3 is 5.97 Å². The van der Waals surface area contributed by atoms with Crippen molar-refractivity contribution in [2.24, 2.45) is 0 Å². The molecule has 0 aromatic heterocycles. The van der Waals surface area contributed by atoms with Gasteiger partial charge in [-0.15, -0.1) is 0 Å². The summed E-state index contributed by atoms with van der Waals surface area (Å²) < 4.78 is 5.39. The lowest BCUT2D eigenvalue weighted by molar-refractivity contribution is 0.0495. The summed E-state index contributed by atoms with van der Waals surface area (Å²) >= 11 is 0. The molecule has 0 heterocycles. The number of hydrogen-bond donors (Lipinski definition) is 0. The molecule has 2 rings (SSSR count). The zero-order valence-electron chi connectivity index (χ0n) is 15.6. The number of ether oxygens (including phenoxy) is 1. The summed E-state index contributed by atoms with van der Waals surface area (Å²) in [6.07, 6.45) is 8.19. The zero-order valence-corrected chi connectivity index (χ0v) is 15.6. The van der Waals surface area contributed by atoms with Gasteiger partial charge in [-0.1, -0.05) is 94.0 Å². The molecule has 0 saturated heterocycles. The number of carbonyl (C=O) groups is 2. The Hall–Kier alpha value is -2.42. The van der Waals surface area contributed by atoms with Gasteiger partial charge in [-0.25, -0.2) is 4.79 Å². The van der Waals surface area contributed by atoms with E-state index in [-0.39, 0.29) is 5.78 Å². The van der Waals surface area contributed by atoms with Crippen molar-refractivity contribution in [2.45, 2.75) is 51.9 Å². The lowest BCUT2D eigenvalue weighted by atomic mass is 9.98. The maximum atomic E-state index is 12.7. The van der Waals surface area contributed by atoms with E-state index in [0.29, 0.717) is 23.3 Å². The van der Waals surface area contributed by atoms with Crippen LogP contribution in [0.5, 0.6) is 0 Å². The third-order valence-corrected chi connectivity index (χ3v) is 4.41. The number of esters is 1. The largest absolute Gasteiger partial charge is 0.462 e. The third-order valence-electron chi connectivity index (χ3n) is 4.41. The summed E-state index contributed by atoms with van der Waals surface area (Å²) in [4.78, 5) is 25.1. The van der Waals surface area contributed by atoms with Gasteiger partial charge in [0.1, 0.15) is 0 Å². The molecular weight excluding hydrogens is 324 g/mol. The lowest BCUT2D eigenvalue weighted by Gasteiger charge is -2.09. The van der Waals surface area contributed by atoms with Gasteiger partial charge in [0, 0.05) is 11.1 Å². The van der Waals surface area contributed by atoms with E-state index in [1.54, 1.807) is 36.4 Å². The second kappa shape index (κ2) is 11.2. The highest BCUT2D eigenvalue weighted by Crippen LogP contribution is 2.16. The van der Waals surface area contributed by atoms with Gasteiger partial charge in [-0.05, 0) is 12.5 Å². The van der Waals surface area contributed by atoms with Crippen molar-refractivity contribution in [3.8, 4) is 0 Å². The van der Waals surface area contributed by atoms with Crippen molar-refractivity contribution in [3.63, 3.8) is 0 Å². The van der Waals surface area contributed by atoms with E-state index in [2.05, 4.69) is 6.92 Å². The second-order valence-corrected chi connectivity index (χ2v) is 6.50. The van der Waals surface area contributed by atoms with E-state index in [1.165, 1.54) is 32.1 Å². The molecule has 0 N–H and O–H groups in total. The molecule has 0 bridgehead atoms. The fraction of sp³-hybridized carbons (Fsp3) is 0.391. The predicted octanol–water partition coefficient (Wildman–Crippen LogP) is 5.83. The minimum Gasteiger partial charge on any atom is -0.462 e. The molecule has 138 valence electrons. The van der Waals surface area contributed by atoms with Crippen molar-refractivity contribution in [2.75, 3.05) is 6.61 Å². The van der Waals surface area contributed by atoms with Gasteiger partial charge in [-0.2, -0.15) is 0 Å². The first-order chi connectivity index (χ1) is 12.7. The molecule has 3 nitrogen and oxygen atoms in total. The van der Waals surface area contributed by atoms with Gasteiger partial charge in [0.25, 0.3) is 0 Å². The maximum absolute atomic E-state index is 12.7. The molecule has 0 spiro atoms. The molecule has 0 aliphatic rings. The van der Waals surface area contributed by atoms with Gasteiger partial charge in [0.2, 0.25) is 0 Å². The Labute approximate surface area is 156 Å².